The second-order valence-corrected chi connectivity index (χ2v) is 6.90. The molecule has 8 heteroatoms. The van der Waals surface area contributed by atoms with Crippen LogP contribution in [0, 0.1) is 0 Å². The largest absolute Gasteiger partial charge is 0.381 e. The molecule has 1 amide bonds. The van der Waals surface area contributed by atoms with Gasteiger partial charge in [0, 0.05) is 17.4 Å². The zero-order valence-electron chi connectivity index (χ0n) is 13.2. The summed E-state index contributed by atoms with van der Waals surface area (Å²) < 4.78 is 31.5. The van der Waals surface area contributed by atoms with E-state index in [1.54, 1.807) is 12.1 Å². The average Bonchev–Trinajstić information content (AvgIpc) is 2.93. The Morgan fingerprint density at radius 2 is 1.92 bits per heavy atom. The summed E-state index contributed by atoms with van der Waals surface area (Å²) >= 11 is 0. The maximum atomic E-state index is 11.2. The SMILES string of the molecule is O=CNc1[nH]c2ccccc2c1NCCc1cccc(S(=O)(=O)O)c1. The molecule has 25 heavy (non-hydrogen) atoms. The molecule has 0 fully saturated rings. The van der Waals surface area contributed by atoms with Crippen LogP contribution in [0.3, 0.4) is 0 Å². The minimum atomic E-state index is -4.21. The Kier molecular flexibility index (Phi) is 4.73. The number of para-hydroxylation sites is 1. The van der Waals surface area contributed by atoms with Crippen LogP contribution in [0.2, 0.25) is 0 Å². The van der Waals surface area contributed by atoms with Gasteiger partial charge in [-0.25, -0.2) is 0 Å². The summed E-state index contributed by atoms with van der Waals surface area (Å²) in [6, 6.07) is 13.8. The molecule has 7 nitrogen and oxygen atoms in total. The molecule has 0 aliphatic heterocycles. The predicted molar refractivity (Wildman–Crippen MR) is 96.4 cm³/mol. The number of carbonyl (C=O) groups excluding carboxylic acids is 1. The van der Waals surface area contributed by atoms with Gasteiger partial charge in [0.1, 0.15) is 5.82 Å². The number of rotatable bonds is 7. The number of hydrogen-bond donors (Lipinski definition) is 4. The molecular formula is C17H17N3O4S. The number of anilines is 2. The Hall–Kier alpha value is -2.84. The maximum Gasteiger partial charge on any atom is 0.294 e. The molecule has 0 aliphatic rings. The molecule has 0 radical (unpaired) electrons. The van der Waals surface area contributed by atoms with Crippen LogP contribution in [-0.4, -0.2) is 30.9 Å². The third kappa shape index (κ3) is 3.81. The van der Waals surface area contributed by atoms with E-state index < -0.39 is 10.1 Å². The van der Waals surface area contributed by atoms with Crippen LogP contribution in [0.5, 0.6) is 0 Å². The fourth-order valence-corrected chi connectivity index (χ4v) is 3.24. The molecule has 3 aromatic rings. The lowest BCUT2D eigenvalue weighted by molar-refractivity contribution is -0.105. The van der Waals surface area contributed by atoms with E-state index in [1.807, 2.05) is 24.3 Å². The predicted octanol–water partition coefficient (Wildman–Crippen LogP) is 2.64. The highest BCUT2D eigenvalue weighted by atomic mass is 32.2. The first kappa shape index (κ1) is 17.0. The van der Waals surface area contributed by atoms with Gasteiger partial charge in [-0.3, -0.25) is 9.35 Å². The molecule has 0 atom stereocenters. The first-order valence-electron chi connectivity index (χ1n) is 7.60. The number of fused-ring (bicyclic) bond motifs is 1. The minimum absolute atomic E-state index is 0.125. The van der Waals surface area contributed by atoms with Crippen molar-refractivity contribution in [1.29, 1.82) is 0 Å². The fraction of sp³-hybridized carbons (Fsp3) is 0.118. The van der Waals surface area contributed by atoms with Crippen LogP contribution < -0.4 is 10.6 Å². The second-order valence-electron chi connectivity index (χ2n) is 5.48. The Bertz CT molecular complexity index is 1010. The summed E-state index contributed by atoms with van der Waals surface area (Å²) in [5.74, 6) is 0.572. The molecule has 0 spiro atoms. The highest BCUT2D eigenvalue weighted by Crippen LogP contribution is 2.31. The van der Waals surface area contributed by atoms with Gasteiger partial charge in [0.25, 0.3) is 10.1 Å². The first-order valence-corrected chi connectivity index (χ1v) is 9.04. The molecule has 0 unspecified atom stereocenters. The number of aromatic nitrogens is 1. The highest BCUT2D eigenvalue weighted by molar-refractivity contribution is 7.85. The Morgan fingerprint density at radius 1 is 1.12 bits per heavy atom. The number of hydrogen-bond acceptors (Lipinski definition) is 4. The van der Waals surface area contributed by atoms with Crippen LogP contribution in [0.4, 0.5) is 11.5 Å². The van der Waals surface area contributed by atoms with E-state index in [0.717, 1.165) is 22.2 Å². The number of amides is 1. The summed E-state index contributed by atoms with van der Waals surface area (Å²) in [4.78, 5) is 13.8. The molecule has 1 aromatic heterocycles. The van der Waals surface area contributed by atoms with E-state index in [0.29, 0.717) is 25.2 Å². The van der Waals surface area contributed by atoms with Gasteiger partial charge in [0.05, 0.1) is 10.6 Å². The summed E-state index contributed by atoms with van der Waals surface area (Å²) in [6.45, 7) is 0.518. The average molecular weight is 359 g/mol. The van der Waals surface area contributed by atoms with Gasteiger partial charge >= 0.3 is 0 Å². The molecule has 2 aromatic carbocycles. The molecule has 4 N–H and O–H groups in total. The van der Waals surface area contributed by atoms with Gasteiger partial charge in [-0.15, -0.1) is 0 Å². The number of H-pyrrole nitrogens is 1. The van der Waals surface area contributed by atoms with Crippen LogP contribution in [0.25, 0.3) is 10.9 Å². The summed E-state index contributed by atoms with van der Waals surface area (Å²) in [5.41, 5.74) is 2.43. The van der Waals surface area contributed by atoms with Gasteiger partial charge in [0.15, 0.2) is 0 Å². The van der Waals surface area contributed by atoms with Crippen LogP contribution in [0.15, 0.2) is 53.4 Å². The summed E-state index contributed by atoms with van der Waals surface area (Å²) in [7, 11) is -4.21. The zero-order valence-corrected chi connectivity index (χ0v) is 14.0. The minimum Gasteiger partial charge on any atom is -0.381 e. The van der Waals surface area contributed by atoms with E-state index in [1.165, 1.54) is 12.1 Å². The normalized spacial score (nSPS) is 11.4. The maximum absolute atomic E-state index is 11.2. The Labute approximate surface area is 144 Å². The van der Waals surface area contributed by atoms with Crippen molar-refractivity contribution in [3.8, 4) is 0 Å². The number of nitrogens with one attached hydrogen (secondary N) is 3. The van der Waals surface area contributed by atoms with Gasteiger partial charge in [-0.1, -0.05) is 30.3 Å². The lowest BCUT2D eigenvalue weighted by atomic mass is 10.1. The lowest BCUT2D eigenvalue weighted by Gasteiger charge is -2.08. The van der Waals surface area contributed by atoms with E-state index in [4.69, 9.17) is 4.55 Å². The molecule has 130 valence electrons. The molecule has 0 aliphatic carbocycles. The second kappa shape index (κ2) is 6.96. The van der Waals surface area contributed by atoms with Crippen molar-refractivity contribution in [3.05, 3.63) is 54.1 Å². The molecule has 3 rings (SSSR count). The van der Waals surface area contributed by atoms with Crippen molar-refractivity contribution >= 4 is 38.9 Å². The van der Waals surface area contributed by atoms with Crippen LogP contribution in [-0.2, 0) is 21.3 Å². The number of aromatic amines is 1. The highest BCUT2D eigenvalue weighted by Gasteiger charge is 2.11. The van der Waals surface area contributed by atoms with Crippen molar-refractivity contribution in [1.82, 2.24) is 4.98 Å². The fourth-order valence-electron chi connectivity index (χ4n) is 2.69. The Morgan fingerprint density at radius 3 is 2.68 bits per heavy atom. The zero-order chi connectivity index (χ0) is 17.9. The van der Waals surface area contributed by atoms with Gasteiger partial charge < -0.3 is 15.6 Å². The van der Waals surface area contributed by atoms with Gasteiger partial charge in [-0.05, 0) is 30.2 Å². The topological polar surface area (TPSA) is 111 Å². The first-order chi connectivity index (χ1) is 12.0. The number of carbonyl (C=O) groups is 1. The molecular weight excluding hydrogens is 342 g/mol. The third-order valence-corrected chi connectivity index (χ3v) is 4.67. The number of benzene rings is 2. The summed E-state index contributed by atoms with van der Waals surface area (Å²) in [5, 5.41) is 6.84. The molecule has 0 saturated heterocycles. The van der Waals surface area contributed by atoms with E-state index >= 15 is 0 Å². The van der Waals surface area contributed by atoms with Crippen molar-refractivity contribution in [2.75, 3.05) is 17.2 Å². The summed E-state index contributed by atoms with van der Waals surface area (Å²) in [6.07, 6.45) is 1.15. The third-order valence-electron chi connectivity index (χ3n) is 3.82. The van der Waals surface area contributed by atoms with Crippen molar-refractivity contribution in [2.24, 2.45) is 0 Å². The standard InChI is InChI=1S/C17H17N3O4S/c21-11-19-17-16(14-6-1-2-7-15(14)20-17)18-9-8-12-4-3-5-13(10-12)25(22,23)24/h1-7,10-11,18,20H,8-9H2,(H,19,21)(H,22,23,24). The van der Waals surface area contributed by atoms with Crippen molar-refractivity contribution in [2.45, 2.75) is 11.3 Å². The van der Waals surface area contributed by atoms with E-state index in [9.17, 15) is 13.2 Å². The molecule has 1 heterocycles. The van der Waals surface area contributed by atoms with Crippen molar-refractivity contribution < 1.29 is 17.8 Å². The monoisotopic (exact) mass is 359 g/mol. The van der Waals surface area contributed by atoms with Gasteiger partial charge in [0.2, 0.25) is 6.41 Å². The van der Waals surface area contributed by atoms with E-state index in [-0.39, 0.29) is 4.90 Å². The smallest absolute Gasteiger partial charge is 0.294 e. The molecule has 0 bridgehead atoms. The van der Waals surface area contributed by atoms with Crippen LogP contribution in [0.1, 0.15) is 5.56 Å². The Balaban J connectivity index is 1.77. The van der Waals surface area contributed by atoms with Crippen molar-refractivity contribution in [3.63, 3.8) is 0 Å². The van der Waals surface area contributed by atoms with Crippen LogP contribution >= 0.6 is 0 Å². The lowest BCUT2D eigenvalue weighted by Crippen LogP contribution is -2.07. The molecule has 0 saturated carbocycles. The van der Waals surface area contributed by atoms with E-state index in [2.05, 4.69) is 15.6 Å². The quantitative estimate of drug-likeness (QED) is 0.383. The van der Waals surface area contributed by atoms with Gasteiger partial charge in [-0.2, -0.15) is 8.42 Å².